The average molecular weight is 298 g/mol. The van der Waals surface area contributed by atoms with Crippen LogP contribution in [0, 0.1) is 11.6 Å². The van der Waals surface area contributed by atoms with Gasteiger partial charge in [0.05, 0.1) is 17.1 Å². The minimum Gasteiger partial charge on any atom is -0.508 e. The van der Waals surface area contributed by atoms with Crippen molar-refractivity contribution in [1.82, 2.24) is 0 Å². The number of carbonyl (C=O) groups is 1. The summed E-state index contributed by atoms with van der Waals surface area (Å²) in [6, 6.07) is 7.66. The van der Waals surface area contributed by atoms with Gasteiger partial charge >= 0.3 is 0 Å². The summed E-state index contributed by atoms with van der Waals surface area (Å²) < 4.78 is 26.4. The number of anilines is 1. The number of hydrogen-bond donors (Lipinski definition) is 2. The van der Waals surface area contributed by atoms with Crippen molar-refractivity contribution in [2.45, 2.75) is 6.42 Å². The van der Waals surface area contributed by atoms with Crippen LogP contribution < -0.4 is 5.32 Å². The molecule has 3 nitrogen and oxygen atoms in total. The van der Waals surface area contributed by atoms with Gasteiger partial charge in [-0.2, -0.15) is 0 Å². The first-order chi connectivity index (χ1) is 9.45. The lowest BCUT2D eigenvalue weighted by atomic mass is 10.1. The molecule has 2 aromatic rings. The van der Waals surface area contributed by atoms with Crippen LogP contribution in [-0.2, 0) is 11.2 Å². The molecule has 0 bridgehead atoms. The highest BCUT2D eigenvalue weighted by molar-refractivity contribution is 6.33. The van der Waals surface area contributed by atoms with Crippen LogP contribution in [0.3, 0.4) is 0 Å². The quantitative estimate of drug-likeness (QED) is 0.911. The van der Waals surface area contributed by atoms with Crippen molar-refractivity contribution in [2.24, 2.45) is 0 Å². The Balaban J connectivity index is 2.13. The number of hydrogen-bond acceptors (Lipinski definition) is 2. The number of rotatable bonds is 3. The number of phenolic OH excluding ortho intramolecular Hbond substituents is 1. The number of halogens is 3. The number of aromatic hydroxyl groups is 1. The lowest BCUT2D eigenvalue weighted by Gasteiger charge is -2.09. The molecule has 2 aromatic carbocycles. The normalized spacial score (nSPS) is 10.3. The Morgan fingerprint density at radius 3 is 2.65 bits per heavy atom. The molecule has 0 spiro atoms. The van der Waals surface area contributed by atoms with Gasteiger partial charge in [-0.25, -0.2) is 8.78 Å². The van der Waals surface area contributed by atoms with E-state index in [1.807, 2.05) is 0 Å². The van der Waals surface area contributed by atoms with Gasteiger partial charge in [0.15, 0.2) is 5.82 Å². The first-order valence-electron chi connectivity index (χ1n) is 5.68. The van der Waals surface area contributed by atoms with Crippen LogP contribution in [0.2, 0.25) is 5.02 Å². The first kappa shape index (κ1) is 14.3. The van der Waals surface area contributed by atoms with E-state index in [2.05, 4.69) is 5.32 Å². The monoisotopic (exact) mass is 297 g/mol. The zero-order chi connectivity index (χ0) is 14.7. The second-order valence-electron chi connectivity index (χ2n) is 4.14. The Bertz CT molecular complexity index is 638. The predicted molar refractivity (Wildman–Crippen MR) is 71.8 cm³/mol. The van der Waals surface area contributed by atoms with Crippen molar-refractivity contribution in [3.8, 4) is 5.75 Å². The SMILES string of the molecule is O=C(Cc1cccc(O)c1)Nc1c(F)cc(F)cc1Cl. The van der Waals surface area contributed by atoms with E-state index in [0.29, 0.717) is 11.6 Å². The van der Waals surface area contributed by atoms with Crippen molar-refractivity contribution >= 4 is 23.2 Å². The molecule has 2 rings (SSSR count). The van der Waals surface area contributed by atoms with Gasteiger partial charge in [-0.3, -0.25) is 4.79 Å². The maximum absolute atomic E-state index is 13.5. The van der Waals surface area contributed by atoms with Crippen molar-refractivity contribution in [1.29, 1.82) is 0 Å². The summed E-state index contributed by atoms with van der Waals surface area (Å²) in [6.45, 7) is 0. The molecule has 0 atom stereocenters. The average Bonchev–Trinajstić information content (AvgIpc) is 2.33. The summed E-state index contributed by atoms with van der Waals surface area (Å²) in [5, 5.41) is 11.3. The molecular weight excluding hydrogens is 288 g/mol. The Hall–Kier alpha value is -2.14. The van der Waals surface area contributed by atoms with Crippen molar-refractivity contribution in [3.63, 3.8) is 0 Å². The highest BCUT2D eigenvalue weighted by Crippen LogP contribution is 2.26. The summed E-state index contributed by atoms with van der Waals surface area (Å²) in [5.41, 5.74) is 0.291. The van der Waals surface area contributed by atoms with Crippen molar-refractivity contribution in [2.75, 3.05) is 5.32 Å². The topological polar surface area (TPSA) is 49.3 Å². The van der Waals surface area contributed by atoms with Gasteiger partial charge in [0, 0.05) is 6.07 Å². The first-order valence-corrected chi connectivity index (χ1v) is 6.06. The second kappa shape index (κ2) is 5.88. The zero-order valence-corrected chi connectivity index (χ0v) is 10.9. The summed E-state index contributed by atoms with van der Waals surface area (Å²) in [6.07, 6.45) is -0.0679. The summed E-state index contributed by atoms with van der Waals surface area (Å²) >= 11 is 5.67. The van der Waals surface area contributed by atoms with Crippen molar-refractivity contribution < 1.29 is 18.7 Å². The zero-order valence-electron chi connectivity index (χ0n) is 10.2. The minimum atomic E-state index is -0.945. The molecule has 2 N–H and O–H groups in total. The van der Waals surface area contributed by atoms with Crippen LogP contribution >= 0.6 is 11.6 Å². The fraction of sp³-hybridized carbons (Fsp3) is 0.0714. The van der Waals surface area contributed by atoms with E-state index in [1.165, 1.54) is 12.1 Å². The molecule has 0 saturated heterocycles. The fourth-order valence-corrected chi connectivity index (χ4v) is 1.94. The minimum absolute atomic E-state index is 0.0290. The summed E-state index contributed by atoms with van der Waals surface area (Å²) in [4.78, 5) is 11.8. The number of benzene rings is 2. The maximum atomic E-state index is 13.5. The predicted octanol–water partition coefficient (Wildman–Crippen LogP) is 3.51. The van der Waals surface area contributed by atoms with Gasteiger partial charge in [0.2, 0.25) is 5.91 Å². The van der Waals surface area contributed by atoms with Crippen molar-refractivity contribution in [3.05, 3.63) is 58.6 Å². The van der Waals surface area contributed by atoms with Gasteiger partial charge in [0.1, 0.15) is 11.6 Å². The van der Waals surface area contributed by atoms with Gasteiger partial charge in [-0.05, 0) is 23.8 Å². The van der Waals surface area contributed by atoms with Crippen LogP contribution in [0.5, 0.6) is 5.75 Å². The Kier molecular flexibility index (Phi) is 4.20. The fourth-order valence-electron chi connectivity index (χ4n) is 1.70. The molecule has 0 aliphatic rings. The molecule has 0 heterocycles. The summed E-state index contributed by atoms with van der Waals surface area (Å²) in [7, 11) is 0. The van der Waals surface area contributed by atoms with E-state index >= 15 is 0 Å². The highest BCUT2D eigenvalue weighted by Gasteiger charge is 2.13. The Labute approximate surface area is 118 Å². The van der Waals surface area contributed by atoms with Crippen LogP contribution in [0.4, 0.5) is 14.5 Å². The van der Waals surface area contributed by atoms with Gasteiger partial charge < -0.3 is 10.4 Å². The lowest BCUT2D eigenvalue weighted by molar-refractivity contribution is -0.115. The molecule has 0 saturated carbocycles. The van der Waals surface area contributed by atoms with Crippen LogP contribution in [0.25, 0.3) is 0 Å². The Morgan fingerprint density at radius 1 is 1.25 bits per heavy atom. The largest absolute Gasteiger partial charge is 0.508 e. The van der Waals surface area contributed by atoms with E-state index in [-0.39, 0.29) is 22.9 Å². The standard InChI is InChI=1S/C14H10ClF2NO2/c15-11-6-9(16)7-12(17)14(11)18-13(20)5-8-2-1-3-10(19)4-8/h1-4,6-7,19H,5H2,(H,18,20). The molecule has 0 fully saturated rings. The molecule has 0 radical (unpaired) electrons. The molecule has 0 unspecified atom stereocenters. The van der Waals surface area contributed by atoms with Gasteiger partial charge in [0.25, 0.3) is 0 Å². The van der Waals surface area contributed by atoms with E-state index in [0.717, 1.165) is 6.07 Å². The van der Waals surface area contributed by atoms with E-state index in [1.54, 1.807) is 12.1 Å². The third kappa shape index (κ3) is 3.45. The van der Waals surface area contributed by atoms with E-state index < -0.39 is 17.5 Å². The maximum Gasteiger partial charge on any atom is 0.228 e. The molecule has 0 aliphatic carbocycles. The van der Waals surface area contributed by atoms with E-state index in [4.69, 9.17) is 11.6 Å². The van der Waals surface area contributed by atoms with Crippen LogP contribution in [-0.4, -0.2) is 11.0 Å². The lowest BCUT2D eigenvalue weighted by Crippen LogP contribution is -2.15. The third-order valence-corrected chi connectivity index (χ3v) is 2.84. The van der Waals surface area contributed by atoms with E-state index in [9.17, 15) is 18.7 Å². The number of phenols is 1. The molecule has 104 valence electrons. The molecule has 1 amide bonds. The molecule has 0 aromatic heterocycles. The number of nitrogens with one attached hydrogen (secondary N) is 1. The molecule has 6 heteroatoms. The van der Waals surface area contributed by atoms with Crippen LogP contribution in [0.1, 0.15) is 5.56 Å². The van der Waals surface area contributed by atoms with Crippen LogP contribution in [0.15, 0.2) is 36.4 Å². The summed E-state index contributed by atoms with van der Waals surface area (Å²) in [5.74, 6) is -2.26. The smallest absolute Gasteiger partial charge is 0.228 e. The number of carbonyl (C=O) groups excluding carboxylic acids is 1. The Morgan fingerprint density at radius 2 is 2.00 bits per heavy atom. The third-order valence-electron chi connectivity index (χ3n) is 2.55. The number of amides is 1. The highest BCUT2D eigenvalue weighted by atomic mass is 35.5. The van der Waals surface area contributed by atoms with Gasteiger partial charge in [-0.15, -0.1) is 0 Å². The second-order valence-corrected chi connectivity index (χ2v) is 4.55. The van der Waals surface area contributed by atoms with Gasteiger partial charge in [-0.1, -0.05) is 23.7 Å². The molecule has 0 aliphatic heterocycles. The molecule has 20 heavy (non-hydrogen) atoms. The molecular formula is C14H10ClF2NO2.